The van der Waals surface area contributed by atoms with Crippen molar-refractivity contribution < 1.29 is 22.7 Å². The zero-order valence-corrected chi connectivity index (χ0v) is 13.8. The van der Waals surface area contributed by atoms with Crippen LogP contribution in [0, 0.1) is 0 Å². The van der Waals surface area contributed by atoms with Gasteiger partial charge < -0.3 is 14.8 Å². The van der Waals surface area contributed by atoms with Gasteiger partial charge in [-0.15, -0.1) is 0 Å². The maximum atomic E-state index is 12.2. The highest BCUT2D eigenvalue weighted by Crippen LogP contribution is 2.34. The first-order valence-corrected chi connectivity index (χ1v) is 9.44. The van der Waals surface area contributed by atoms with E-state index in [9.17, 15) is 13.2 Å². The van der Waals surface area contributed by atoms with Gasteiger partial charge in [0.1, 0.15) is 0 Å². The maximum Gasteiger partial charge on any atom is 0.239 e. The topological polar surface area (TPSA) is 84.9 Å². The third-order valence-electron chi connectivity index (χ3n) is 4.11. The summed E-state index contributed by atoms with van der Waals surface area (Å²) in [4.78, 5) is 12.2. The highest BCUT2D eigenvalue weighted by Gasteiger charge is 2.31. The van der Waals surface area contributed by atoms with E-state index < -0.39 is 10.0 Å². The summed E-state index contributed by atoms with van der Waals surface area (Å²) >= 11 is 0. The summed E-state index contributed by atoms with van der Waals surface area (Å²) in [6, 6.07) is 5.00. The summed E-state index contributed by atoms with van der Waals surface area (Å²) in [7, 11) is -3.42. The Morgan fingerprint density at radius 2 is 1.96 bits per heavy atom. The Labute approximate surface area is 135 Å². The van der Waals surface area contributed by atoms with E-state index in [1.165, 1.54) is 4.31 Å². The number of ether oxygens (including phenoxy) is 2. The van der Waals surface area contributed by atoms with Crippen molar-refractivity contribution in [3.05, 3.63) is 18.2 Å². The Bertz CT molecular complexity index is 698. The summed E-state index contributed by atoms with van der Waals surface area (Å²) in [6.07, 6.45) is 4.77. The predicted octanol–water partition coefficient (Wildman–Crippen LogP) is 1.56. The molecule has 1 aromatic rings. The molecule has 0 saturated heterocycles. The number of anilines is 1. The molecule has 8 heteroatoms. The number of amides is 1. The fourth-order valence-electron chi connectivity index (χ4n) is 3.03. The molecule has 0 radical (unpaired) electrons. The molecular formula is C15H20N2O5S. The Hall–Kier alpha value is -1.80. The van der Waals surface area contributed by atoms with Crippen LogP contribution in [0.3, 0.4) is 0 Å². The van der Waals surface area contributed by atoms with Crippen LogP contribution in [0.4, 0.5) is 5.69 Å². The molecule has 1 fully saturated rings. The van der Waals surface area contributed by atoms with Gasteiger partial charge in [-0.3, -0.25) is 4.79 Å². The molecule has 0 bridgehead atoms. The average Bonchev–Trinajstić information content (AvgIpc) is 3.14. The summed E-state index contributed by atoms with van der Waals surface area (Å²) in [5.41, 5.74) is 0.555. The lowest BCUT2D eigenvalue weighted by Gasteiger charge is -2.25. The smallest absolute Gasteiger partial charge is 0.239 e. The molecule has 1 aliphatic heterocycles. The normalized spacial score (nSPS) is 17.7. The molecular weight excluding hydrogens is 320 g/mol. The third-order valence-corrected chi connectivity index (χ3v) is 5.39. The molecule has 0 unspecified atom stereocenters. The van der Waals surface area contributed by atoms with Crippen molar-refractivity contribution >= 4 is 21.6 Å². The zero-order chi connectivity index (χ0) is 16.4. The van der Waals surface area contributed by atoms with Gasteiger partial charge in [0.25, 0.3) is 0 Å². The summed E-state index contributed by atoms with van der Waals surface area (Å²) in [6.45, 7) is -0.00574. The highest BCUT2D eigenvalue weighted by atomic mass is 32.2. The largest absolute Gasteiger partial charge is 0.454 e. The Balaban J connectivity index is 1.67. The van der Waals surface area contributed by atoms with Crippen LogP contribution in [0.2, 0.25) is 0 Å². The van der Waals surface area contributed by atoms with E-state index in [0.29, 0.717) is 17.2 Å². The number of nitrogens with one attached hydrogen (secondary N) is 1. The van der Waals surface area contributed by atoms with Crippen molar-refractivity contribution in [2.75, 3.05) is 24.9 Å². The lowest BCUT2D eigenvalue weighted by atomic mass is 10.2. The number of hydrogen-bond acceptors (Lipinski definition) is 5. The number of hydrogen-bond donors (Lipinski definition) is 1. The Morgan fingerprint density at radius 1 is 1.26 bits per heavy atom. The SMILES string of the molecule is CS(=O)(=O)N(CC(=O)Nc1ccc2c(c1)OCO2)C1CCCC1. The van der Waals surface area contributed by atoms with Gasteiger partial charge >= 0.3 is 0 Å². The van der Waals surface area contributed by atoms with Crippen molar-refractivity contribution in [1.29, 1.82) is 0 Å². The van der Waals surface area contributed by atoms with Crippen LogP contribution in [0.5, 0.6) is 11.5 Å². The fraction of sp³-hybridized carbons (Fsp3) is 0.533. The van der Waals surface area contributed by atoms with E-state index in [0.717, 1.165) is 31.9 Å². The van der Waals surface area contributed by atoms with Gasteiger partial charge in [0, 0.05) is 17.8 Å². The van der Waals surface area contributed by atoms with Crippen LogP contribution < -0.4 is 14.8 Å². The van der Waals surface area contributed by atoms with Crippen LogP contribution in [0.15, 0.2) is 18.2 Å². The molecule has 1 aromatic carbocycles. The molecule has 7 nitrogen and oxygen atoms in total. The second kappa shape index (κ2) is 6.37. The van der Waals surface area contributed by atoms with Crippen LogP contribution in [-0.4, -0.2) is 44.3 Å². The molecule has 0 aromatic heterocycles. The first-order valence-electron chi connectivity index (χ1n) is 7.60. The minimum Gasteiger partial charge on any atom is -0.454 e. The van der Waals surface area contributed by atoms with Crippen LogP contribution >= 0.6 is 0 Å². The second-order valence-electron chi connectivity index (χ2n) is 5.86. The second-order valence-corrected chi connectivity index (χ2v) is 7.80. The van der Waals surface area contributed by atoms with Gasteiger partial charge in [-0.1, -0.05) is 12.8 Å². The molecule has 0 atom stereocenters. The number of carbonyl (C=O) groups excluding carboxylic acids is 1. The van der Waals surface area contributed by atoms with Crippen molar-refractivity contribution in [1.82, 2.24) is 4.31 Å². The molecule has 1 N–H and O–H groups in total. The van der Waals surface area contributed by atoms with E-state index in [1.54, 1.807) is 18.2 Å². The van der Waals surface area contributed by atoms with Gasteiger partial charge in [-0.05, 0) is 25.0 Å². The van der Waals surface area contributed by atoms with E-state index in [1.807, 2.05) is 0 Å². The quantitative estimate of drug-likeness (QED) is 0.879. The highest BCUT2D eigenvalue weighted by molar-refractivity contribution is 7.88. The van der Waals surface area contributed by atoms with Gasteiger partial charge in [0.15, 0.2) is 11.5 Å². The lowest BCUT2D eigenvalue weighted by Crippen LogP contribution is -2.43. The molecule has 1 amide bonds. The molecule has 3 rings (SSSR count). The average molecular weight is 340 g/mol. The predicted molar refractivity (Wildman–Crippen MR) is 85.0 cm³/mol. The van der Waals surface area contributed by atoms with Crippen LogP contribution in [0.1, 0.15) is 25.7 Å². The summed E-state index contributed by atoms with van der Waals surface area (Å²) < 4.78 is 35.7. The van der Waals surface area contributed by atoms with Gasteiger partial charge in [-0.25, -0.2) is 8.42 Å². The molecule has 0 spiro atoms. The van der Waals surface area contributed by atoms with Crippen molar-refractivity contribution in [3.8, 4) is 11.5 Å². The maximum absolute atomic E-state index is 12.2. The number of carbonyl (C=O) groups is 1. The summed E-state index contributed by atoms with van der Waals surface area (Å²) in [5, 5.41) is 2.72. The van der Waals surface area contributed by atoms with Crippen LogP contribution in [0.25, 0.3) is 0 Å². The molecule has 1 heterocycles. The Kier molecular flexibility index (Phi) is 4.45. The van der Waals surface area contributed by atoms with E-state index >= 15 is 0 Å². The fourth-order valence-corrected chi connectivity index (χ4v) is 4.13. The number of rotatable bonds is 5. The Morgan fingerprint density at radius 3 is 2.65 bits per heavy atom. The first kappa shape index (κ1) is 16.1. The number of benzene rings is 1. The van der Waals surface area contributed by atoms with Crippen molar-refractivity contribution in [2.45, 2.75) is 31.7 Å². The summed E-state index contributed by atoms with van der Waals surface area (Å²) in [5.74, 6) is 0.839. The number of nitrogens with zero attached hydrogens (tertiary/aromatic N) is 1. The number of sulfonamides is 1. The first-order chi connectivity index (χ1) is 10.9. The van der Waals surface area contributed by atoms with Gasteiger partial charge in [0.2, 0.25) is 22.7 Å². The molecule has 23 heavy (non-hydrogen) atoms. The standard InChI is InChI=1S/C15H20N2O5S/c1-23(19,20)17(12-4-2-3-5-12)9-15(18)16-11-6-7-13-14(8-11)22-10-21-13/h6-8,12H,2-5,9-10H2,1H3,(H,16,18). The molecule has 126 valence electrons. The van der Waals surface area contributed by atoms with Crippen molar-refractivity contribution in [2.24, 2.45) is 0 Å². The molecule has 2 aliphatic rings. The van der Waals surface area contributed by atoms with E-state index in [2.05, 4.69) is 5.32 Å². The lowest BCUT2D eigenvalue weighted by molar-refractivity contribution is -0.116. The third kappa shape index (κ3) is 3.76. The zero-order valence-electron chi connectivity index (χ0n) is 12.9. The van der Waals surface area contributed by atoms with Crippen molar-refractivity contribution in [3.63, 3.8) is 0 Å². The monoisotopic (exact) mass is 340 g/mol. The molecule has 1 saturated carbocycles. The van der Waals surface area contributed by atoms with Crippen LogP contribution in [-0.2, 0) is 14.8 Å². The molecule has 1 aliphatic carbocycles. The van der Waals surface area contributed by atoms with E-state index in [4.69, 9.17) is 9.47 Å². The van der Waals surface area contributed by atoms with Gasteiger partial charge in [0.05, 0.1) is 12.8 Å². The minimum absolute atomic E-state index is 0.0764. The van der Waals surface area contributed by atoms with E-state index in [-0.39, 0.29) is 25.3 Å². The van der Waals surface area contributed by atoms with Gasteiger partial charge in [-0.2, -0.15) is 4.31 Å². The minimum atomic E-state index is -3.42. The number of fused-ring (bicyclic) bond motifs is 1.